The van der Waals surface area contributed by atoms with Crippen molar-refractivity contribution in [3.8, 4) is 11.3 Å². The van der Waals surface area contributed by atoms with E-state index >= 15 is 0 Å². The summed E-state index contributed by atoms with van der Waals surface area (Å²) in [6.07, 6.45) is 0.0109. The van der Waals surface area contributed by atoms with Crippen LogP contribution in [0.5, 0.6) is 0 Å². The van der Waals surface area contributed by atoms with Crippen LogP contribution in [0.1, 0.15) is 11.4 Å². The number of aromatic nitrogens is 2. The van der Waals surface area contributed by atoms with Gasteiger partial charge >= 0.3 is 5.97 Å². The zero-order valence-electron chi connectivity index (χ0n) is 10.6. The molecule has 0 amide bonds. The van der Waals surface area contributed by atoms with Gasteiger partial charge in [0, 0.05) is 26.8 Å². The van der Waals surface area contributed by atoms with E-state index in [4.69, 9.17) is 5.11 Å². The van der Waals surface area contributed by atoms with Crippen LogP contribution < -0.4 is 0 Å². The van der Waals surface area contributed by atoms with E-state index in [1.165, 1.54) is 11.3 Å². The molecule has 2 heterocycles. The Morgan fingerprint density at radius 1 is 1.40 bits per heavy atom. The molecule has 0 aliphatic heterocycles. The lowest BCUT2D eigenvalue weighted by molar-refractivity contribution is -0.136. The van der Waals surface area contributed by atoms with E-state index in [1.807, 2.05) is 41.0 Å². The first-order valence-electron chi connectivity index (χ1n) is 5.99. The molecule has 1 N–H and O–H groups in total. The third kappa shape index (κ3) is 2.25. The number of carboxylic acid groups (broad SMARTS) is 1. The maximum atomic E-state index is 10.9. The number of thiazole rings is 1. The molecule has 3 rings (SSSR count). The Bertz CT molecular complexity index is 789. The number of aliphatic carboxylic acids is 1. The van der Waals surface area contributed by atoms with Gasteiger partial charge in [-0.3, -0.25) is 9.20 Å². The first-order valence-corrected chi connectivity index (χ1v) is 7.66. The van der Waals surface area contributed by atoms with Crippen LogP contribution in [0.2, 0.25) is 0 Å². The lowest BCUT2D eigenvalue weighted by atomic mass is 10.1. The molecule has 4 nitrogen and oxygen atoms in total. The summed E-state index contributed by atoms with van der Waals surface area (Å²) in [5.74, 6) is -0.831. The van der Waals surface area contributed by atoms with Gasteiger partial charge in [0.1, 0.15) is 0 Å². The molecule has 0 atom stereocenters. The molecule has 0 spiro atoms. The second-order valence-corrected chi connectivity index (χ2v) is 6.22. The molecule has 2 aromatic heterocycles. The SMILES string of the molecule is Cc1c(-c2ccc(Br)cc2)nc2scc(CC(=O)O)n12. The molecule has 0 unspecified atom stereocenters. The summed E-state index contributed by atoms with van der Waals surface area (Å²) in [5, 5.41) is 10.8. The molecule has 0 aliphatic rings. The lowest BCUT2D eigenvalue weighted by Crippen LogP contribution is -2.03. The molecule has 0 saturated heterocycles. The van der Waals surface area contributed by atoms with Gasteiger partial charge in [0.15, 0.2) is 4.96 Å². The van der Waals surface area contributed by atoms with Gasteiger partial charge in [0.25, 0.3) is 0 Å². The van der Waals surface area contributed by atoms with Gasteiger partial charge in [0.2, 0.25) is 0 Å². The topological polar surface area (TPSA) is 54.6 Å². The number of hydrogen-bond acceptors (Lipinski definition) is 3. The summed E-state index contributed by atoms with van der Waals surface area (Å²) >= 11 is 4.88. The highest BCUT2D eigenvalue weighted by Crippen LogP contribution is 2.29. The molecule has 3 aromatic rings. The van der Waals surface area contributed by atoms with Gasteiger partial charge < -0.3 is 5.11 Å². The van der Waals surface area contributed by atoms with Gasteiger partial charge in [-0.2, -0.15) is 0 Å². The van der Waals surface area contributed by atoms with Crippen LogP contribution in [-0.4, -0.2) is 20.5 Å². The Hall–Kier alpha value is -1.66. The van der Waals surface area contributed by atoms with Crippen LogP contribution in [0.25, 0.3) is 16.2 Å². The molecule has 6 heteroatoms. The van der Waals surface area contributed by atoms with Crippen molar-refractivity contribution < 1.29 is 9.90 Å². The Labute approximate surface area is 127 Å². The van der Waals surface area contributed by atoms with Gasteiger partial charge in [-0.25, -0.2) is 4.98 Å². The first kappa shape index (κ1) is 13.3. The van der Waals surface area contributed by atoms with Crippen molar-refractivity contribution in [3.63, 3.8) is 0 Å². The third-order valence-electron chi connectivity index (χ3n) is 3.11. The fourth-order valence-corrected chi connectivity index (χ4v) is 3.42. The van der Waals surface area contributed by atoms with Crippen molar-refractivity contribution in [2.24, 2.45) is 0 Å². The van der Waals surface area contributed by atoms with Crippen LogP contribution in [0, 0.1) is 6.92 Å². The maximum Gasteiger partial charge on any atom is 0.309 e. The standard InChI is InChI=1S/C14H11BrN2O2S/c1-8-13(9-2-4-10(15)5-3-9)16-14-17(8)11(7-20-14)6-12(18)19/h2-5,7H,6H2,1H3,(H,18,19). The molecular weight excluding hydrogens is 340 g/mol. The van der Waals surface area contributed by atoms with Gasteiger partial charge in [-0.1, -0.05) is 28.1 Å². The number of rotatable bonds is 3. The lowest BCUT2D eigenvalue weighted by Gasteiger charge is -2.01. The number of benzene rings is 1. The zero-order chi connectivity index (χ0) is 14.3. The Morgan fingerprint density at radius 2 is 2.10 bits per heavy atom. The fourth-order valence-electron chi connectivity index (χ4n) is 2.22. The van der Waals surface area contributed by atoms with Crippen LogP contribution >= 0.6 is 27.3 Å². The Balaban J connectivity index is 2.14. The number of aryl methyl sites for hydroxylation is 1. The molecule has 0 bridgehead atoms. The summed E-state index contributed by atoms with van der Waals surface area (Å²) in [5.41, 5.74) is 3.67. The number of carbonyl (C=O) groups is 1. The van der Waals surface area contributed by atoms with Gasteiger partial charge in [-0.15, -0.1) is 11.3 Å². The second kappa shape index (κ2) is 5.03. The molecule has 20 heavy (non-hydrogen) atoms. The monoisotopic (exact) mass is 350 g/mol. The van der Waals surface area contributed by atoms with Crippen LogP contribution in [0.15, 0.2) is 34.1 Å². The first-order chi connectivity index (χ1) is 9.56. The number of nitrogens with zero attached hydrogens (tertiary/aromatic N) is 2. The Morgan fingerprint density at radius 3 is 2.75 bits per heavy atom. The average Bonchev–Trinajstić information content (AvgIpc) is 2.92. The highest BCUT2D eigenvalue weighted by atomic mass is 79.9. The maximum absolute atomic E-state index is 10.9. The number of fused-ring (bicyclic) bond motifs is 1. The highest BCUT2D eigenvalue weighted by Gasteiger charge is 2.16. The minimum absolute atomic E-state index is 0.0109. The van der Waals surface area contributed by atoms with E-state index in [1.54, 1.807) is 0 Å². The highest BCUT2D eigenvalue weighted by molar-refractivity contribution is 9.10. The summed E-state index contributed by atoms with van der Waals surface area (Å²) in [7, 11) is 0. The van der Waals surface area contributed by atoms with Crippen molar-refractivity contribution in [1.29, 1.82) is 0 Å². The van der Waals surface area contributed by atoms with Crippen LogP contribution in [0.4, 0.5) is 0 Å². The number of imidazole rings is 1. The van der Waals surface area contributed by atoms with Crippen LogP contribution in [-0.2, 0) is 11.2 Å². The number of halogens is 1. The average molecular weight is 351 g/mol. The summed E-state index contributed by atoms with van der Waals surface area (Å²) < 4.78 is 2.95. The van der Waals surface area contributed by atoms with Gasteiger partial charge in [0.05, 0.1) is 12.1 Å². The minimum Gasteiger partial charge on any atom is -0.481 e. The molecular formula is C14H11BrN2O2S. The quantitative estimate of drug-likeness (QED) is 0.782. The van der Waals surface area contributed by atoms with Crippen molar-refractivity contribution in [2.75, 3.05) is 0 Å². The van der Waals surface area contributed by atoms with Crippen molar-refractivity contribution in [1.82, 2.24) is 9.38 Å². The second-order valence-electron chi connectivity index (χ2n) is 4.47. The van der Waals surface area contributed by atoms with Crippen molar-refractivity contribution >= 4 is 38.2 Å². The fraction of sp³-hybridized carbons (Fsp3) is 0.143. The Kier molecular flexibility index (Phi) is 3.35. The molecule has 0 fully saturated rings. The van der Waals surface area contributed by atoms with Crippen molar-refractivity contribution in [2.45, 2.75) is 13.3 Å². The predicted octanol–water partition coefficient (Wildman–Crippen LogP) is 3.76. The predicted molar refractivity (Wildman–Crippen MR) is 82.3 cm³/mol. The number of carboxylic acids is 1. The zero-order valence-corrected chi connectivity index (χ0v) is 13.0. The summed E-state index contributed by atoms with van der Waals surface area (Å²) in [4.78, 5) is 16.3. The minimum atomic E-state index is -0.831. The molecule has 102 valence electrons. The van der Waals surface area contributed by atoms with E-state index in [0.29, 0.717) is 0 Å². The molecule has 1 aromatic carbocycles. The van der Waals surface area contributed by atoms with E-state index in [0.717, 1.165) is 32.1 Å². The molecule has 0 aliphatic carbocycles. The van der Waals surface area contributed by atoms with Crippen LogP contribution in [0.3, 0.4) is 0 Å². The molecule has 0 radical (unpaired) electrons. The van der Waals surface area contributed by atoms with E-state index in [-0.39, 0.29) is 6.42 Å². The summed E-state index contributed by atoms with van der Waals surface area (Å²) in [6, 6.07) is 7.95. The summed E-state index contributed by atoms with van der Waals surface area (Å²) in [6.45, 7) is 1.97. The number of hydrogen-bond donors (Lipinski definition) is 1. The van der Waals surface area contributed by atoms with E-state index in [2.05, 4.69) is 20.9 Å². The smallest absolute Gasteiger partial charge is 0.309 e. The normalized spacial score (nSPS) is 11.1. The van der Waals surface area contributed by atoms with E-state index < -0.39 is 5.97 Å². The third-order valence-corrected chi connectivity index (χ3v) is 4.52. The van der Waals surface area contributed by atoms with E-state index in [9.17, 15) is 4.79 Å². The molecule has 0 saturated carbocycles. The van der Waals surface area contributed by atoms with Crippen molar-refractivity contribution in [3.05, 3.63) is 45.5 Å². The largest absolute Gasteiger partial charge is 0.481 e. The van der Waals surface area contributed by atoms with Gasteiger partial charge in [-0.05, 0) is 19.1 Å².